The summed E-state index contributed by atoms with van der Waals surface area (Å²) in [6.07, 6.45) is 4.83. The number of halogens is 1. The van der Waals surface area contributed by atoms with Crippen LogP contribution in [0.2, 0.25) is 0 Å². The lowest BCUT2D eigenvalue weighted by Crippen LogP contribution is -2.46. The summed E-state index contributed by atoms with van der Waals surface area (Å²) in [6.45, 7) is 6.12. The fraction of sp³-hybridized carbons (Fsp3) is 0.923. The van der Waals surface area contributed by atoms with Crippen molar-refractivity contribution in [2.75, 3.05) is 12.9 Å². The third kappa shape index (κ3) is 3.13. The van der Waals surface area contributed by atoms with Crippen LogP contribution in [0.15, 0.2) is 0 Å². The van der Waals surface area contributed by atoms with Crippen molar-refractivity contribution in [1.29, 1.82) is 0 Å². The second kappa shape index (κ2) is 5.39. The molecule has 94 valence electrons. The number of nitrogens with zero attached hydrogens (tertiary/aromatic N) is 1. The zero-order valence-corrected chi connectivity index (χ0v) is 11.7. The number of hydrogen-bond acceptors (Lipinski definition) is 1. The Hall–Kier alpha value is -0.240. The van der Waals surface area contributed by atoms with E-state index in [1.807, 2.05) is 25.8 Å². The van der Waals surface area contributed by atoms with Gasteiger partial charge in [-0.05, 0) is 32.6 Å². The zero-order valence-electron chi connectivity index (χ0n) is 10.9. The maximum atomic E-state index is 12.2. The summed E-state index contributed by atoms with van der Waals surface area (Å²) in [6, 6.07) is 0.416. The van der Waals surface area contributed by atoms with E-state index < -0.39 is 5.41 Å². The van der Waals surface area contributed by atoms with E-state index >= 15 is 0 Å². The highest BCUT2D eigenvalue weighted by Crippen LogP contribution is 2.29. The molecule has 1 amide bonds. The van der Waals surface area contributed by atoms with Gasteiger partial charge in [0.05, 0.1) is 5.41 Å². The third-order valence-electron chi connectivity index (χ3n) is 3.69. The van der Waals surface area contributed by atoms with E-state index in [2.05, 4.69) is 6.92 Å². The second-order valence-corrected chi connectivity index (χ2v) is 6.13. The van der Waals surface area contributed by atoms with Crippen molar-refractivity contribution in [2.24, 2.45) is 11.3 Å². The molecular formula is C13H24ClNO. The summed E-state index contributed by atoms with van der Waals surface area (Å²) < 4.78 is 0. The van der Waals surface area contributed by atoms with Crippen molar-refractivity contribution in [3.05, 3.63) is 0 Å². The molecule has 0 N–H and O–H groups in total. The van der Waals surface area contributed by atoms with E-state index in [4.69, 9.17) is 11.6 Å². The van der Waals surface area contributed by atoms with E-state index in [1.54, 1.807) is 0 Å². The van der Waals surface area contributed by atoms with Crippen LogP contribution < -0.4 is 0 Å². The van der Waals surface area contributed by atoms with Crippen molar-refractivity contribution >= 4 is 17.5 Å². The molecule has 2 unspecified atom stereocenters. The van der Waals surface area contributed by atoms with Gasteiger partial charge < -0.3 is 4.90 Å². The summed E-state index contributed by atoms with van der Waals surface area (Å²) in [4.78, 5) is 14.2. The fourth-order valence-electron chi connectivity index (χ4n) is 2.45. The van der Waals surface area contributed by atoms with Gasteiger partial charge in [0.25, 0.3) is 0 Å². The highest BCUT2D eigenvalue weighted by atomic mass is 35.5. The van der Waals surface area contributed by atoms with E-state index in [1.165, 1.54) is 12.8 Å². The van der Waals surface area contributed by atoms with Crippen LogP contribution in [0.4, 0.5) is 0 Å². The lowest BCUT2D eigenvalue weighted by atomic mass is 9.85. The number of alkyl halides is 1. The van der Waals surface area contributed by atoms with Crippen molar-refractivity contribution in [1.82, 2.24) is 4.90 Å². The first-order valence-electron chi connectivity index (χ1n) is 6.21. The van der Waals surface area contributed by atoms with Crippen LogP contribution in [0, 0.1) is 11.3 Å². The average Bonchev–Trinajstić information content (AvgIpc) is 2.27. The van der Waals surface area contributed by atoms with Crippen LogP contribution in [-0.2, 0) is 4.79 Å². The van der Waals surface area contributed by atoms with Crippen LogP contribution >= 0.6 is 11.6 Å². The number of carbonyl (C=O) groups excluding carboxylic acids is 1. The Morgan fingerprint density at radius 3 is 2.56 bits per heavy atom. The molecule has 0 aromatic heterocycles. The van der Waals surface area contributed by atoms with Crippen molar-refractivity contribution < 1.29 is 4.79 Å². The highest BCUT2D eigenvalue weighted by Gasteiger charge is 2.34. The molecule has 2 atom stereocenters. The molecule has 0 radical (unpaired) electrons. The quantitative estimate of drug-likeness (QED) is 0.699. The molecule has 3 heteroatoms. The van der Waals surface area contributed by atoms with Gasteiger partial charge in [-0.2, -0.15) is 0 Å². The van der Waals surface area contributed by atoms with E-state index in [-0.39, 0.29) is 5.91 Å². The largest absolute Gasteiger partial charge is 0.342 e. The Morgan fingerprint density at radius 2 is 2.06 bits per heavy atom. The monoisotopic (exact) mass is 245 g/mol. The Labute approximate surface area is 104 Å². The summed E-state index contributed by atoms with van der Waals surface area (Å²) >= 11 is 5.85. The number of hydrogen-bond donors (Lipinski definition) is 0. The first-order valence-corrected chi connectivity index (χ1v) is 6.75. The van der Waals surface area contributed by atoms with Gasteiger partial charge in [0.15, 0.2) is 0 Å². The van der Waals surface area contributed by atoms with Crippen LogP contribution in [0.25, 0.3) is 0 Å². The Balaban J connectivity index is 2.63. The van der Waals surface area contributed by atoms with Gasteiger partial charge in [0.1, 0.15) is 0 Å². The summed E-state index contributed by atoms with van der Waals surface area (Å²) in [7, 11) is 1.93. The third-order valence-corrected chi connectivity index (χ3v) is 4.36. The minimum absolute atomic E-state index is 0.182. The van der Waals surface area contributed by atoms with Crippen LogP contribution in [-0.4, -0.2) is 29.8 Å². The van der Waals surface area contributed by atoms with E-state index in [9.17, 15) is 4.79 Å². The maximum absolute atomic E-state index is 12.2. The lowest BCUT2D eigenvalue weighted by molar-refractivity contribution is -0.140. The van der Waals surface area contributed by atoms with Gasteiger partial charge in [-0.3, -0.25) is 4.79 Å². The molecule has 0 spiro atoms. The molecule has 0 heterocycles. The Bertz CT molecular complexity index is 252. The number of rotatable bonds is 3. The second-order valence-electron chi connectivity index (χ2n) is 5.86. The molecule has 2 nitrogen and oxygen atoms in total. The molecule has 0 saturated heterocycles. The first kappa shape index (κ1) is 13.8. The van der Waals surface area contributed by atoms with Gasteiger partial charge in [-0.25, -0.2) is 0 Å². The summed E-state index contributed by atoms with van der Waals surface area (Å²) in [5.41, 5.74) is -0.434. The van der Waals surface area contributed by atoms with E-state index in [0.29, 0.717) is 11.9 Å². The van der Waals surface area contributed by atoms with Crippen LogP contribution in [0.5, 0.6) is 0 Å². The fourth-order valence-corrected chi connectivity index (χ4v) is 2.57. The Morgan fingerprint density at radius 1 is 1.44 bits per heavy atom. The molecule has 0 aliphatic heterocycles. The molecule has 1 fully saturated rings. The average molecular weight is 246 g/mol. The first-order chi connectivity index (χ1) is 7.38. The molecule has 16 heavy (non-hydrogen) atoms. The highest BCUT2D eigenvalue weighted by molar-refractivity contribution is 6.19. The van der Waals surface area contributed by atoms with E-state index in [0.717, 1.165) is 18.8 Å². The smallest absolute Gasteiger partial charge is 0.229 e. The zero-order chi connectivity index (χ0) is 12.3. The van der Waals surface area contributed by atoms with Gasteiger partial charge in [0, 0.05) is 19.0 Å². The Kier molecular flexibility index (Phi) is 4.66. The molecular weight excluding hydrogens is 222 g/mol. The maximum Gasteiger partial charge on any atom is 0.229 e. The van der Waals surface area contributed by atoms with Crippen molar-refractivity contribution in [2.45, 2.75) is 52.5 Å². The van der Waals surface area contributed by atoms with Crippen LogP contribution in [0.3, 0.4) is 0 Å². The SMILES string of the molecule is CC1CCCC(N(C)C(=O)C(C)(C)CCl)C1. The molecule has 1 aliphatic carbocycles. The predicted molar refractivity (Wildman–Crippen MR) is 68.7 cm³/mol. The minimum Gasteiger partial charge on any atom is -0.342 e. The molecule has 0 bridgehead atoms. The standard InChI is InChI=1S/C13H24ClNO/c1-10-6-5-7-11(8-10)15(4)12(16)13(2,3)9-14/h10-11H,5-9H2,1-4H3. The molecule has 1 rings (SSSR count). The lowest BCUT2D eigenvalue weighted by Gasteiger charge is -2.37. The summed E-state index contributed by atoms with van der Waals surface area (Å²) in [5.74, 6) is 1.31. The van der Waals surface area contributed by atoms with Crippen molar-refractivity contribution in [3.8, 4) is 0 Å². The minimum atomic E-state index is -0.434. The van der Waals surface area contributed by atoms with Gasteiger partial charge in [-0.1, -0.05) is 19.8 Å². The predicted octanol–water partition coefficient (Wildman–Crippen LogP) is 3.29. The molecule has 0 aromatic carbocycles. The van der Waals surface area contributed by atoms with Gasteiger partial charge >= 0.3 is 0 Å². The van der Waals surface area contributed by atoms with Gasteiger partial charge in [-0.15, -0.1) is 11.6 Å². The van der Waals surface area contributed by atoms with Gasteiger partial charge in [0.2, 0.25) is 5.91 Å². The number of carbonyl (C=O) groups is 1. The molecule has 1 aliphatic rings. The molecule has 0 aromatic rings. The summed E-state index contributed by atoms with van der Waals surface area (Å²) in [5, 5.41) is 0. The topological polar surface area (TPSA) is 20.3 Å². The van der Waals surface area contributed by atoms with Crippen LogP contribution in [0.1, 0.15) is 46.5 Å². The molecule has 1 saturated carbocycles. The van der Waals surface area contributed by atoms with Crippen molar-refractivity contribution in [3.63, 3.8) is 0 Å². The normalized spacial score (nSPS) is 26.6. The number of amides is 1.